The van der Waals surface area contributed by atoms with Crippen LogP contribution in [0.1, 0.15) is 24.9 Å². The van der Waals surface area contributed by atoms with E-state index < -0.39 is 5.82 Å². The van der Waals surface area contributed by atoms with Gasteiger partial charge < -0.3 is 19.5 Å². The van der Waals surface area contributed by atoms with Gasteiger partial charge in [0.05, 0.1) is 24.3 Å². The van der Waals surface area contributed by atoms with Gasteiger partial charge in [0.2, 0.25) is 0 Å². The molecule has 0 radical (unpaired) electrons. The van der Waals surface area contributed by atoms with Crippen LogP contribution in [0.2, 0.25) is 5.02 Å². The van der Waals surface area contributed by atoms with Crippen LogP contribution in [0.25, 0.3) is 0 Å². The number of benzene rings is 2. The van der Waals surface area contributed by atoms with Crippen LogP contribution in [0.4, 0.5) is 4.39 Å². The first kappa shape index (κ1) is 18.3. The second-order valence-electron chi connectivity index (χ2n) is 5.91. The summed E-state index contributed by atoms with van der Waals surface area (Å²) in [5.41, 5.74) is 0.896. The van der Waals surface area contributed by atoms with E-state index in [0.29, 0.717) is 30.5 Å². The van der Waals surface area contributed by atoms with Crippen LogP contribution < -0.4 is 19.5 Å². The number of amides is 1. The van der Waals surface area contributed by atoms with E-state index in [2.05, 4.69) is 5.32 Å². The van der Waals surface area contributed by atoms with Crippen molar-refractivity contribution in [1.29, 1.82) is 0 Å². The van der Waals surface area contributed by atoms with Crippen molar-refractivity contribution < 1.29 is 23.4 Å². The molecule has 0 spiro atoms. The lowest BCUT2D eigenvalue weighted by atomic mass is 10.1. The first-order chi connectivity index (χ1) is 12.5. The lowest BCUT2D eigenvalue weighted by Crippen LogP contribution is -2.31. The first-order valence-corrected chi connectivity index (χ1v) is 8.67. The maximum atomic E-state index is 13.1. The van der Waals surface area contributed by atoms with E-state index in [1.54, 1.807) is 0 Å². The number of carbonyl (C=O) groups is 1. The smallest absolute Gasteiger partial charge is 0.258 e. The number of hydrogen-bond acceptors (Lipinski definition) is 4. The quantitative estimate of drug-likeness (QED) is 0.856. The molecule has 0 aliphatic carbocycles. The second-order valence-corrected chi connectivity index (χ2v) is 6.32. The van der Waals surface area contributed by atoms with Gasteiger partial charge in [-0.05, 0) is 36.8 Å². The number of nitrogens with one attached hydrogen (secondary N) is 1. The normalized spacial score (nSPS) is 14.3. The molecule has 1 atom stereocenters. The van der Waals surface area contributed by atoms with Crippen LogP contribution in [-0.4, -0.2) is 25.7 Å². The molecule has 1 aliphatic rings. The Balaban J connectivity index is 1.57. The number of hydrogen-bond donors (Lipinski definition) is 1. The summed E-state index contributed by atoms with van der Waals surface area (Å²) in [6.07, 6.45) is 0.834. The van der Waals surface area contributed by atoms with E-state index >= 15 is 0 Å². The van der Waals surface area contributed by atoms with Crippen molar-refractivity contribution >= 4 is 17.5 Å². The molecule has 0 bridgehead atoms. The predicted octanol–water partition coefficient (Wildman–Crippen LogP) is 3.90. The summed E-state index contributed by atoms with van der Waals surface area (Å²) in [5, 5.41) is 2.80. The summed E-state index contributed by atoms with van der Waals surface area (Å²) in [4.78, 5) is 12.1. The summed E-state index contributed by atoms with van der Waals surface area (Å²) < 4.78 is 29.7. The van der Waals surface area contributed by atoms with E-state index in [0.717, 1.165) is 12.0 Å². The van der Waals surface area contributed by atoms with E-state index in [-0.39, 0.29) is 23.6 Å². The highest BCUT2D eigenvalue weighted by Crippen LogP contribution is 2.32. The highest BCUT2D eigenvalue weighted by molar-refractivity contribution is 6.30. The molecule has 0 saturated heterocycles. The lowest BCUT2D eigenvalue weighted by molar-refractivity contribution is -0.123. The molecular formula is C19H19ClFNO4. The van der Waals surface area contributed by atoms with Crippen molar-refractivity contribution in [1.82, 2.24) is 5.32 Å². The second kappa shape index (κ2) is 8.27. The number of halogens is 2. The zero-order valence-electron chi connectivity index (χ0n) is 14.3. The van der Waals surface area contributed by atoms with Gasteiger partial charge in [0, 0.05) is 12.5 Å². The fraction of sp³-hybridized carbons (Fsp3) is 0.316. The molecule has 1 heterocycles. The molecule has 1 aliphatic heterocycles. The van der Waals surface area contributed by atoms with Gasteiger partial charge >= 0.3 is 0 Å². The third-order valence-corrected chi connectivity index (χ3v) is 4.20. The summed E-state index contributed by atoms with van der Waals surface area (Å²) >= 11 is 5.69. The molecular weight excluding hydrogens is 361 g/mol. The average Bonchev–Trinajstić information content (AvgIpc) is 2.87. The van der Waals surface area contributed by atoms with Gasteiger partial charge in [0.25, 0.3) is 5.91 Å². The molecule has 1 unspecified atom stereocenters. The molecule has 0 fully saturated rings. The third kappa shape index (κ3) is 4.58. The lowest BCUT2D eigenvalue weighted by Gasteiger charge is -2.17. The van der Waals surface area contributed by atoms with E-state index in [9.17, 15) is 9.18 Å². The summed E-state index contributed by atoms with van der Waals surface area (Å²) in [6, 6.07) is 9.30. The minimum Gasteiger partial charge on any atom is -0.490 e. The van der Waals surface area contributed by atoms with Crippen LogP contribution in [0.3, 0.4) is 0 Å². The zero-order chi connectivity index (χ0) is 18.5. The Bertz CT molecular complexity index is 799. The molecule has 3 rings (SSSR count). The molecule has 138 valence electrons. The molecule has 26 heavy (non-hydrogen) atoms. The van der Waals surface area contributed by atoms with E-state index in [1.807, 2.05) is 25.1 Å². The molecule has 7 heteroatoms. The molecule has 2 aromatic carbocycles. The summed E-state index contributed by atoms with van der Waals surface area (Å²) in [6.45, 7) is 2.90. The summed E-state index contributed by atoms with van der Waals surface area (Å²) in [7, 11) is 0. The van der Waals surface area contributed by atoms with Crippen molar-refractivity contribution in [2.24, 2.45) is 0 Å². The van der Waals surface area contributed by atoms with Crippen molar-refractivity contribution in [3.63, 3.8) is 0 Å². The monoisotopic (exact) mass is 379 g/mol. The summed E-state index contributed by atoms with van der Waals surface area (Å²) in [5.74, 6) is 0.881. The fourth-order valence-electron chi connectivity index (χ4n) is 2.53. The van der Waals surface area contributed by atoms with E-state index in [1.165, 1.54) is 18.2 Å². The van der Waals surface area contributed by atoms with Gasteiger partial charge in [-0.15, -0.1) is 0 Å². The van der Waals surface area contributed by atoms with E-state index in [4.69, 9.17) is 25.8 Å². The number of carbonyl (C=O) groups excluding carboxylic acids is 1. The number of rotatable bonds is 5. The van der Waals surface area contributed by atoms with Gasteiger partial charge in [0.1, 0.15) is 11.6 Å². The van der Waals surface area contributed by atoms with Gasteiger partial charge in [-0.3, -0.25) is 4.79 Å². The zero-order valence-corrected chi connectivity index (χ0v) is 15.0. The third-order valence-electron chi connectivity index (χ3n) is 3.91. The van der Waals surface area contributed by atoms with Crippen LogP contribution in [-0.2, 0) is 4.79 Å². The number of fused-ring (bicyclic) bond motifs is 1. The topological polar surface area (TPSA) is 56.8 Å². The minimum atomic E-state index is -0.536. The Hall–Kier alpha value is -2.47. The SMILES string of the molecule is CC(NC(=O)COc1ccc(F)c(Cl)c1)c1ccc2c(c1)OCCCO2. The molecule has 0 saturated carbocycles. The first-order valence-electron chi connectivity index (χ1n) is 8.29. The Kier molecular flexibility index (Phi) is 5.83. The van der Waals surface area contributed by atoms with Crippen LogP contribution in [0.15, 0.2) is 36.4 Å². The van der Waals surface area contributed by atoms with Crippen molar-refractivity contribution in [3.05, 3.63) is 52.8 Å². The standard InChI is InChI=1S/C19H19ClFNO4/c1-12(13-3-6-17-18(9-13)25-8-2-7-24-17)22-19(23)11-26-14-4-5-16(21)15(20)10-14/h3-6,9-10,12H,2,7-8,11H2,1H3,(H,22,23). The Morgan fingerprint density at radius 2 is 2.00 bits per heavy atom. The van der Waals surface area contributed by atoms with Crippen LogP contribution >= 0.6 is 11.6 Å². The molecule has 2 aromatic rings. The van der Waals surface area contributed by atoms with Gasteiger partial charge in [-0.2, -0.15) is 0 Å². The molecule has 5 nitrogen and oxygen atoms in total. The Labute approximate surface area is 156 Å². The average molecular weight is 380 g/mol. The Morgan fingerprint density at radius 3 is 2.77 bits per heavy atom. The minimum absolute atomic E-state index is 0.0523. The van der Waals surface area contributed by atoms with Gasteiger partial charge in [-0.25, -0.2) is 4.39 Å². The molecule has 1 N–H and O–H groups in total. The van der Waals surface area contributed by atoms with Gasteiger partial charge in [0.15, 0.2) is 18.1 Å². The molecule has 1 amide bonds. The highest BCUT2D eigenvalue weighted by Gasteiger charge is 2.15. The fourth-order valence-corrected chi connectivity index (χ4v) is 2.70. The number of ether oxygens (including phenoxy) is 3. The maximum absolute atomic E-state index is 13.1. The Morgan fingerprint density at radius 1 is 1.23 bits per heavy atom. The van der Waals surface area contributed by atoms with Crippen molar-refractivity contribution in [2.75, 3.05) is 19.8 Å². The maximum Gasteiger partial charge on any atom is 0.258 e. The van der Waals surface area contributed by atoms with Gasteiger partial charge in [-0.1, -0.05) is 17.7 Å². The van der Waals surface area contributed by atoms with Crippen molar-refractivity contribution in [2.45, 2.75) is 19.4 Å². The predicted molar refractivity (Wildman–Crippen MR) is 95.5 cm³/mol. The molecule has 0 aromatic heterocycles. The largest absolute Gasteiger partial charge is 0.490 e. The highest BCUT2D eigenvalue weighted by atomic mass is 35.5. The van der Waals surface area contributed by atoms with Crippen LogP contribution in [0.5, 0.6) is 17.2 Å². The van der Waals surface area contributed by atoms with Crippen LogP contribution in [0, 0.1) is 5.82 Å². The van der Waals surface area contributed by atoms with Crippen molar-refractivity contribution in [3.8, 4) is 17.2 Å².